The second kappa shape index (κ2) is 6.04. The number of ether oxygens (including phenoxy) is 2. The number of nitrogens with zero attached hydrogens (tertiary/aromatic N) is 1. The molecule has 1 saturated heterocycles. The second-order valence-electron chi connectivity index (χ2n) is 5.37. The number of carbonyl (C=O) groups is 2. The summed E-state index contributed by atoms with van der Waals surface area (Å²) in [5.74, 6) is 0.759. The van der Waals surface area contributed by atoms with Crippen molar-refractivity contribution in [2.45, 2.75) is 25.9 Å². The molecule has 2 heterocycles. The topological polar surface area (TPSA) is 67.9 Å². The Labute approximate surface area is 133 Å². The first-order chi connectivity index (χ1) is 10.6. The predicted molar refractivity (Wildman–Crippen MR) is 80.3 cm³/mol. The number of fused-ring (bicyclic) bond motifs is 1. The molecule has 2 amide bonds. The molecule has 0 spiro atoms. The van der Waals surface area contributed by atoms with Crippen LogP contribution >= 0.6 is 11.6 Å². The van der Waals surface area contributed by atoms with E-state index in [-0.39, 0.29) is 24.6 Å². The van der Waals surface area contributed by atoms with Crippen LogP contribution in [0.15, 0.2) is 12.1 Å². The zero-order chi connectivity index (χ0) is 15.7. The summed E-state index contributed by atoms with van der Waals surface area (Å²) >= 11 is 6.30. The number of hydrogen-bond acceptors (Lipinski definition) is 4. The SMILES string of the molecule is CC(=O)N1CCC(Oc2ccc3c(c2Cl)OCNC3=O)CC1. The molecule has 0 atom stereocenters. The second-order valence-corrected chi connectivity index (χ2v) is 5.75. The minimum atomic E-state index is -0.204. The lowest BCUT2D eigenvalue weighted by Crippen LogP contribution is -2.40. The number of carbonyl (C=O) groups excluding carboxylic acids is 2. The quantitative estimate of drug-likeness (QED) is 0.901. The first kappa shape index (κ1) is 15.0. The molecule has 0 bridgehead atoms. The highest BCUT2D eigenvalue weighted by Gasteiger charge is 2.26. The van der Waals surface area contributed by atoms with Crippen LogP contribution in [0.5, 0.6) is 11.5 Å². The van der Waals surface area contributed by atoms with Crippen LogP contribution in [0.25, 0.3) is 0 Å². The van der Waals surface area contributed by atoms with Crippen molar-refractivity contribution in [1.29, 1.82) is 0 Å². The summed E-state index contributed by atoms with van der Waals surface area (Å²) in [6, 6.07) is 3.34. The monoisotopic (exact) mass is 324 g/mol. The lowest BCUT2D eigenvalue weighted by Gasteiger charge is -2.32. The van der Waals surface area contributed by atoms with Gasteiger partial charge in [0.05, 0.1) is 5.56 Å². The fraction of sp³-hybridized carbons (Fsp3) is 0.467. The molecule has 118 valence electrons. The Morgan fingerprint density at radius 2 is 2.14 bits per heavy atom. The zero-order valence-electron chi connectivity index (χ0n) is 12.2. The van der Waals surface area contributed by atoms with Crippen molar-refractivity contribution in [3.63, 3.8) is 0 Å². The molecule has 0 aliphatic carbocycles. The van der Waals surface area contributed by atoms with Crippen LogP contribution in [0, 0.1) is 0 Å². The molecule has 0 unspecified atom stereocenters. The van der Waals surface area contributed by atoms with Crippen LogP contribution in [0.1, 0.15) is 30.1 Å². The Bertz CT molecular complexity index is 612. The maximum atomic E-state index is 11.7. The van der Waals surface area contributed by atoms with Gasteiger partial charge in [0.15, 0.2) is 12.5 Å². The number of rotatable bonds is 2. The van der Waals surface area contributed by atoms with Crippen molar-refractivity contribution >= 4 is 23.4 Å². The average Bonchev–Trinajstić information content (AvgIpc) is 2.51. The highest BCUT2D eigenvalue weighted by Crippen LogP contribution is 2.39. The van der Waals surface area contributed by atoms with Gasteiger partial charge in [-0.05, 0) is 12.1 Å². The number of halogens is 1. The first-order valence-electron chi connectivity index (χ1n) is 7.22. The summed E-state index contributed by atoms with van der Waals surface area (Å²) in [4.78, 5) is 24.8. The van der Waals surface area contributed by atoms with E-state index in [1.807, 2.05) is 4.90 Å². The van der Waals surface area contributed by atoms with Crippen molar-refractivity contribution in [1.82, 2.24) is 10.2 Å². The Balaban J connectivity index is 1.71. The van der Waals surface area contributed by atoms with E-state index in [4.69, 9.17) is 21.1 Å². The van der Waals surface area contributed by atoms with Crippen LogP contribution in [0.3, 0.4) is 0 Å². The smallest absolute Gasteiger partial charge is 0.257 e. The normalized spacial score (nSPS) is 18.3. The third-order valence-electron chi connectivity index (χ3n) is 3.94. The zero-order valence-corrected chi connectivity index (χ0v) is 13.0. The molecule has 0 aromatic heterocycles. The largest absolute Gasteiger partial charge is 0.489 e. The molecular formula is C15H17ClN2O4. The van der Waals surface area contributed by atoms with Crippen molar-refractivity contribution in [2.24, 2.45) is 0 Å². The fourth-order valence-electron chi connectivity index (χ4n) is 2.69. The van der Waals surface area contributed by atoms with Gasteiger partial charge in [0.1, 0.15) is 16.9 Å². The van der Waals surface area contributed by atoms with Crippen LogP contribution in [0.4, 0.5) is 0 Å². The lowest BCUT2D eigenvalue weighted by molar-refractivity contribution is -0.130. The standard InChI is InChI=1S/C15H17ClN2O4/c1-9(19)18-6-4-10(5-7-18)22-12-3-2-11-14(13(12)16)21-8-17-15(11)20/h2-3,10H,4-8H2,1H3,(H,17,20). The van der Waals surface area contributed by atoms with Gasteiger partial charge in [-0.3, -0.25) is 9.59 Å². The third-order valence-corrected chi connectivity index (χ3v) is 4.29. The maximum absolute atomic E-state index is 11.7. The van der Waals surface area contributed by atoms with Gasteiger partial charge in [0, 0.05) is 32.9 Å². The molecule has 2 aliphatic rings. The number of amides is 2. The van der Waals surface area contributed by atoms with Gasteiger partial charge in [0.2, 0.25) is 5.91 Å². The molecule has 6 nitrogen and oxygen atoms in total. The van der Waals surface area contributed by atoms with Crippen LogP contribution in [0.2, 0.25) is 5.02 Å². The van der Waals surface area contributed by atoms with E-state index < -0.39 is 0 Å². The average molecular weight is 325 g/mol. The Morgan fingerprint density at radius 1 is 1.41 bits per heavy atom. The van der Waals surface area contributed by atoms with E-state index in [0.717, 1.165) is 12.8 Å². The summed E-state index contributed by atoms with van der Waals surface area (Å²) in [6.45, 7) is 3.04. The van der Waals surface area contributed by atoms with E-state index in [2.05, 4.69) is 5.32 Å². The van der Waals surface area contributed by atoms with Gasteiger partial charge in [0.25, 0.3) is 5.91 Å². The Hall–Kier alpha value is -1.95. The van der Waals surface area contributed by atoms with Crippen molar-refractivity contribution in [3.8, 4) is 11.5 Å². The molecule has 1 aromatic rings. The number of hydrogen-bond donors (Lipinski definition) is 1. The van der Waals surface area contributed by atoms with Gasteiger partial charge >= 0.3 is 0 Å². The molecule has 22 heavy (non-hydrogen) atoms. The fourth-order valence-corrected chi connectivity index (χ4v) is 2.95. The third kappa shape index (κ3) is 2.83. The highest BCUT2D eigenvalue weighted by molar-refractivity contribution is 6.34. The van der Waals surface area contributed by atoms with Gasteiger partial charge < -0.3 is 19.7 Å². The minimum absolute atomic E-state index is 0.00330. The summed E-state index contributed by atoms with van der Waals surface area (Å²) in [5, 5.41) is 2.90. The molecule has 7 heteroatoms. The summed E-state index contributed by atoms with van der Waals surface area (Å²) in [6.07, 6.45) is 1.52. The number of piperidine rings is 1. The maximum Gasteiger partial charge on any atom is 0.257 e. The molecule has 1 aromatic carbocycles. The van der Waals surface area contributed by atoms with Crippen LogP contribution < -0.4 is 14.8 Å². The molecule has 0 saturated carbocycles. The number of benzene rings is 1. The van der Waals surface area contributed by atoms with E-state index in [9.17, 15) is 9.59 Å². The van der Waals surface area contributed by atoms with Crippen LogP contribution in [-0.2, 0) is 4.79 Å². The van der Waals surface area contributed by atoms with E-state index in [1.165, 1.54) is 0 Å². The highest BCUT2D eigenvalue weighted by atomic mass is 35.5. The number of nitrogens with one attached hydrogen (secondary N) is 1. The van der Waals surface area contributed by atoms with Crippen LogP contribution in [-0.4, -0.2) is 42.6 Å². The summed E-state index contributed by atoms with van der Waals surface area (Å²) < 4.78 is 11.3. The molecule has 2 aliphatic heterocycles. The molecular weight excluding hydrogens is 308 g/mol. The van der Waals surface area contributed by atoms with E-state index in [1.54, 1.807) is 19.1 Å². The van der Waals surface area contributed by atoms with Crippen molar-refractivity contribution in [2.75, 3.05) is 19.8 Å². The van der Waals surface area contributed by atoms with E-state index in [0.29, 0.717) is 35.2 Å². The Kier molecular flexibility index (Phi) is 4.11. The van der Waals surface area contributed by atoms with Gasteiger partial charge in [-0.15, -0.1) is 0 Å². The van der Waals surface area contributed by atoms with E-state index >= 15 is 0 Å². The summed E-state index contributed by atoms with van der Waals surface area (Å²) in [7, 11) is 0. The van der Waals surface area contributed by atoms with Gasteiger partial charge in [-0.2, -0.15) is 0 Å². The van der Waals surface area contributed by atoms with Gasteiger partial charge in [-0.1, -0.05) is 11.6 Å². The number of likely N-dealkylation sites (tertiary alicyclic amines) is 1. The minimum Gasteiger partial charge on any atom is -0.489 e. The molecule has 0 radical (unpaired) electrons. The molecule has 1 fully saturated rings. The molecule has 3 rings (SSSR count). The first-order valence-corrected chi connectivity index (χ1v) is 7.59. The lowest BCUT2D eigenvalue weighted by atomic mass is 10.1. The Morgan fingerprint density at radius 3 is 2.82 bits per heavy atom. The van der Waals surface area contributed by atoms with Gasteiger partial charge in [-0.25, -0.2) is 0 Å². The predicted octanol–water partition coefficient (Wildman–Crippen LogP) is 1.81. The molecule has 1 N–H and O–H groups in total. The summed E-state index contributed by atoms with van der Waals surface area (Å²) in [5.41, 5.74) is 0.412. The van der Waals surface area contributed by atoms with Crippen molar-refractivity contribution < 1.29 is 19.1 Å². The van der Waals surface area contributed by atoms with Crippen molar-refractivity contribution in [3.05, 3.63) is 22.7 Å².